The second-order valence-corrected chi connectivity index (χ2v) is 16.8. The fourth-order valence-corrected chi connectivity index (χ4v) is 10.4. The molecule has 0 N–H and O–H groups in total. The van der Waals surface area contributed by atoms with Crippen molar-refractivity contribution in [3.8, 4) is 89.1 Å². The van der Waals surface area contributed by atoms with Crippen LogP contribution in [-0.4, -0.2) is 9.97 Å². The molecule has 296 valence electrons. The molecule has 10 aromatic carbocycles. The van der Waals surface area contributed by atoms with E-state index in [1.807, 2.05) is 12.3 Å². The van der Waals surface area contributed by atoms with Gasteiger partial charge in [-0.3, -0.25) is 4.98 Å². The topological polar surface area (TPSA) is 25.8 Å². The Bertz CT molecular complexity index is 3720. The molecule has 13 rings (SSSR count). The van der Waals surface area contributed by atoms with Crippen LogP contribution in [0, 0.1) is 0 Å². The summed E-state index contributed by atoms with van der Waals surface area (Å²) in [7, 11) is 0. The molecule has 64 heavy (non-hydrogen) atoms. The van der Waals surface area contributed by atoms with Gasteiger partial charge >= 0.3 is 0 Å². The van der Waals surface area contributed by atoms with Gasteiger partial charge in [-0.15, -0.1) is 0 Å². The van der Waals surface area contributed by atoms with Crippen LogP contribution in [0.3, 0.4) is 0 Å². The van der Waals surface area contributed by atoms with Crippen molar-refractivity contribution in [3.05, 3.63) is 231 Å². The minimum atomic E-state index is 0.915. The normalized spacial score (nSPS) is 11.8. The lowest BCUT2D eigenvalue weighted by Gasteiger charge is -2.20. The van der Waals surface area contributed by atoms with Crippen molar-refractivity contribution >= 4 is 43.4 Å². The summed E-state index contributed by atoms with van der Waals surface area (Å²) in [6.45, 7) is 0. The van der Waals surface area contributed by atoms with E-state index in [1.54, 1.807) is 0 Å². The molecule has 0 spiro atoms. The predicted octanol–water partition coefficient (Wildman–Crippen LogP) is 16.7. The first-order valence-corrected chi connectivity index (χ1v) is 22.0. The van der Waals surface area contributed by atoms with E-state index in [-0.39, 0.29) is 0 Å². The summed E-state index contributed by atoms with van der Waals surface area (Å²) in [6.07, 6.45) is 1.85. The number of rotatable bonds is 6. The fraction of sp³-hybridized carbons (Fsp3) is 0. The lowest BCUT2D eigenvalue weighted by atomic mass is 9.82. The van der Waals surface area contributed by atoms with Crippen molar-refractivity contribution in [1.82, 2.24) is 9.97 Å². The maximum atomic E-state index is 5.29. The highest BCUT2D eigenvalue weighted by molar-refractivity contribution is 6.28. The zero-order chi connectivity index (χ0) is 42.1. The van der Waals surface area contributed by atoms with E-state index in [2.05, 4.69) is 218 Å². The number of benzene rings is 10. The highest BCUT2D eigenvalue weighted by Crippen LogP contribution is 2.58. The van der Waals surface area contributed by atoms with Crippen molar-refractivity contribution in [3.63, 3.8) is 0 Å². The van der Waals surface area contributed by atoms with Crippen LogP contribution in [-0.2, 0) is 0 Å². The zero-order valence-corrected chi connectivity index (χ0v) is 34.8. The van der Waals surface area contributed by atoms with Gasteiger partial charge in [0, 0.05) is 22.5 Å². The van der Waals surface area contributed by atoms with E-state index in [0.717, 1.165) is 49.8 Å². The first-order chi connectivity index (χ1) is 31.7. The molecule has 0 unspecified atom stereocenters. The second kappa shape index (κ2) is 14.6. The van der Waals surface area contributed by atoms with Gasteiger partial charge in [0.25, 0.3) is 0 Å². The average molecular weight is 811 g/mol. The first-order valence-electron chi connectivity index (χ1n) is 22.0. The molecule has 2 aromatic heterocycles. The highest BCUT2D eigenvalue weighted by atomic mass is 14.8. The van der Waals surface area contributed by atoms with E-state index in [4.69, 9.17) is 9.97 Å². The molecule has 0 saturated heterocycles. The van der Waals surface area contributed by atoms with Crippen LogP contribution in [0.25, 0.3) is 132 Å². The highest BCUT2D eigenvalue weighted by Gasteiger charge is 2.31. The predicted molar refractivity (Wildman–Crippen MR) is 269 cm³/mol. The third-order valence-corrected chi connectivity index (χ3v) is 13.2. The third kappa shape index (κ3) is 5.73. The number of pyridine rings is 2. The minimum absolute atomic E-state index is 0.915. The molecular weight excluding hydrogens is 773 g/mol. The van der Waals surface area contributed by atoms with Gasteiger partial charge in [0.2, 0.25) is 0 Å². The Hall–Kier alpha value is -8.46. The minimum Gasteiger partial charge on any atom is -0.254 e. The number of aromatic nitrogens is 2. The van der Waals surface area contributed by atoms with Crippen LogP contribution < -0.4 is 0 Å². The lowest BCUT2D eigenvalue weighted by molar-refractivity contribution is 1.37. The summed E-state index contributed by atoms with van der Waals surface area (Å²) in [5.41, 5.74) is 21.1. The van der Waals surface area contributed by atoms with Crippen LogP contribution in [0.5, 0.6) is 0 Å². The molecule has 2 heterocycles. The Balaban J connectivity index is 1.00. The largest absolute Gasteiger partial charge is 0.254 e. The monoisotopic (exact) mass is 810 g/mol. The number of hydrogen-bond acceptors (Lipinski definition) is 2. The summed E-state index contributed by atoms with van der Waals surface area (Å²) in [6, 6.07) is 81.8. The second-order valence-electron chi connectivity index (χ2n) is 16.8. The molecule has 0 radical (unpaired) electrons. The SMILES string of the molecule is c1ccc(-c2cc(-c3cccc(-c4ccc5c6c(cccc46)-c4c-5c(-c5ccccc5)c5ccccc5c4-c4ccccc4)c3)cc(-c3ccc4ccc5cccnc5c4n3)c2)cc1. The van der Waals surface area contributed by atoms with Gasteiger partial charge in [0.05, 0.1) is 16.7 Å². The Labute approximate surface area is 371 Å². The molecular formula is C62H38N2. The molecule has 0 aliphatic heterocycles. The van der Waals surface area contributed by atoms with Crippen LogP contribution in [0.2, 0.25) is 0 Å². The Morgan fingerprint density at radius 2 is 0.766 bits per heavy atom. The molecule has 2 nitrogen and oxygen atoms in total. The third-order valence-electron chi connectivity index (χ3n) is 13.2. The van der Waals surface area contributed by atoms with Crippen molar-refractivity contribution in [1.29, 1.82) is 0 Å². The van der Waals surface area contributed by atoms with Crippen molar-refractivity contribution in [2.45, 2.75) is 0 Å². The summed E-state index contributed by atoms with van der Waals surface area (Å²) in [5.74, 6) is 0. The van der Waals surface area contributed by atoms with Crippen LogP contribution >= 0.6 is 0 Å². The lowest BCUT2D eigenvalue weighted by Crippen LogP contribution is -1.93. The van der Waals surface area contributed by atoms with E-state index in [0.29, 0.717) is 0 Å². The average Bonchev–Trinajstić information content (AvgIpc) is 3.70. The van der Waals surface area contributed by atoms with Gasteiger partial charge in [-0.1, -0.05) is 188 Å². The zero-order valence-electron chi connectivity index (χ0n) is 34.8. The van der Waals surface area contributed by atoms with Gasteiger partial charge < -0.3 is 0 Å². The standard InChI is InChI=1S/C62H38N2/c1-4-15-39(16-5-1)46-36-47(38-48(37-46)55-33-30-43-29-28-42-23-14-34-63-61(42)62(43)64-55)44-21-12-22-45(35-44)49-31-32-54-58-50(49)26-13-27-53(58)59-56(40-17-6-2-7-18-40)51-24-10-11-25-52(51)57(60(54)59)41-19-8-3-9-20-41/h1-38H. The van der Waals surface area contributed by atoms with E-state index >= 15 is 0 Å². The van der Waals surface area contributed by atoms with Crippen molar-refractivity contribution in [2.75, 3.05) is 0 Å². The van der Waals surface area contributed by atoms with Crippen molar-refractivity contribution in [2.24, 2.45) is 0 Å². The first kappa shape index (κ1) is 36.2. The van der Waals surface area contributed by atoms with Gasteiger partial charge in [-0.2, -0.15) is 0 Å². The summed E-state index contributed by atoms with van der Waals surface area (Å²) in [5, 5.41) is 7.27. The molecule has 1 aliphatic rings. The molecule has 12 aromatic rings. The summed E-state index contributed by atoms with van der Waals surface area (Å²) >= 11 is 0. The number of fused-ring (bicyclic) bond motifs is 7. The molecule has 0 amide bonds. The van der Waals surface area contributed by atoms with Crippen LogP contribution in [0.1, 0.15) is 0 Å². The number of nitrogens with zero attached hydrogens (tertiary/aromatic N) is 2. The molecule has 2 heteroatoms. The smallest absolute Gasteiger partial charge is 0.0972 e. The fourth-order valence-electron chi connectivity index (χ4n) is 10.4. The molecule has 0 atom stereocenters. The maximum absolute atomic E-state index is 5.29. The maximum Gasteiger partial charge on any atom is 0.0972 e. The Kier molecular flexibility index (Phi) is 8.25. The quantitative estimate of drug-likeness (QED) is 0.156. The molecule has 0 bridgehead atoms. The van der Waals surface area contributed by atoms with E-state index in [1.165, 1.54) is 82.7 Å². The van der Waals surface area contributed by atoms with E-state index in [9.17, 15) is 0 Å². The Morgan fingerprint density at radius 3 is 1.47 bits per heavy atom. The van der Waals surface area contributed by atoms with Crippen molar-refractivity contribution < 1.29 is 0 Å². The molecule has 0 saturated carbocycles. The Morgan fingerprint density at radius 1 is 0.266 bits per heavy atom. The van der Waals surface area contributed by atoms with Gasteiger partial charge in [-0.25, -0.2) is 4.98 Å². The molecule has 0 fully saturated rings. The van der Waals surface area contributed by atoms with Gasteiger partial charge in [-0.05, 0) is 136 Å². The van der Waals surface area contributed by atoms with Gasteiger partial charge in [0.1, 0.15) is 0 Å². The van der Waals surface area contributed by atoms with Crippen LogP contribution in [0.4, 0.5) is 0 Å². The molecule has 1 aliphatic carbocycles. The van der Waals surface area contributed by atoms with Crippen LogP contribution in [0.15, 0.2) is 231 Å². The number of hydrogen-bond donors (Lipinski definition) is 0. The summed E-state index contributed by atoms with van der Waals surface area (Å²) < 4.78 is 0. The van der Waals surface area contributed by atoms with Gasteiger partial charge in [0.15, 0.2) is 0 Å². The van der Waals surface area contributed by atoms with E-state index < -0.39 is 0 Å². The summed E-state index contributed by atoms with van der Waals surface area (Å²) in [4.78, 5) is 10.0.